The maximum Gasteiger partial charge on any atom is 1.00 e. The van der Waals surface area contributed by atoms with Gasteiger partial charge in [-0.25, -0.2) is 18.0 Å². The third-order valence-corrected chi connectivity index (χ3v) is 5.30. The van der Waals surface area contributed by atoms with Gasteiger partial charge in [-0.05, 0) is 24.6 Å². The molecule has 3 rings (SSSR count). The molecule has 2 aromatic rings. The average Bonchev–Trinajstić information content (AvgIpc) is 2.86. The van der Waals surface area contributed by atoms with E-state index in [1.165, 1.54) is 6.07 Å². The number of fused-ring (bicyclic) bond motifs is 1. The average molecular weight is 432 g/mol. The van der Waals surface area contributed by atoms with Gasteiger partial charge in [0.05, 0.1) is 18.4 Å². The van der Waals surface area contributed by atoms with Gasteiger partial charge in [-0.3, -0.25) is 9.59 Å². The Morgan fingerprint density at radius 3 is 2.59 bits per heavy atom. The minimum absolute atomic E-state index is 0. The van der Waals surface area contributed by atoms with E-state index in [-0.39, 0.29) is 45.8 Å². The van der Waals surface area contributed by atoms with Crippen molar-refractivity contribution < 1.29 is 66.2 Å². The fraction of sp³-hybridized carbons (Fsp3) is 0.250. The van der Waals surface area contributed by atoms with Gasteiger partial charge in [0, 0.05) is 17.1 Å². The number of hydrogen-bond acceptors (Lipinski definition) is 10. The third kappa shape index (κ3) is 4.51. The maximum atomic E-state index is 12.2. The Bertz CT molecular complexity index is 1190. The first kappa shape index (κ1) is 23.0. The van der Waals surface area contributed by atoms with Crippen LogP contribution in [0.25, 0.3) is 11.0 Å². The fourth-order valence-electron chi connectivity index (χ4n) is 2.80. The molecule has 148 valence electrons. The number of amides is 2. The van der Waals surface area contributed by atoms with Crippen molar-refractivity contribution in [2.24, 2.45) is 0 Å². The summed E-state index contributed by atoms with van der Waals surface area (Å²) in [5, 5.41) is -1.70. The standard InChI is InChI=1S/C16H14N2O9S.Na/c1-7-9-3-2-8(17)4-11(9)26-16(22)10(7)5-14(20)27-18-13(19)6-12(15(18)21)28(23,24)25;/h2-4,12H,5-6,17H2,1H3,(H,23,24,25);/q;+1/p-1. The van der Waals surface area contributed by atoms with Gasteiger partial charge >= 0.3 is 41.2 Å². The Labute approximate surface area is 185 Å². The molecule has 11 nitrogen and oxygen atoms in total. The van der Waals surface area contributed by atoms with Gasteiger partial charge < -0.3 is 19.5 Å². The molecule has 2 heterocycles. The molecule has 2 amide bonds. The number of carbonyl (C=O) groups is 3. The molecule has 1 atom stereocenters. The number of hydroxylamine groups is 2. The van der Waals surface area contributed by atoms with E-state index in [1.807, 2.05) is 0 Å². The van der Waals surface area contributed by atoms with Crippen molar-refractivity contribution in [2.75, 3.05) is 5.73 Å². The van der Waals surface area contributed by atoms with E-state index in [4.69, 9.17) is 10.2 Å². The van der Waals surface area contributed by atoms with Gasteiger partial charge in [0.25, 0.3) is 11.8 Å². The molecule has 1 aliphatic rings. The molecule has 0 spiro atoms. The predicted octanol–water partition coefficient (Wildman–Crippen LogP) is -3.64. The van der Waals surface area contributed by atoms with Crippen LogP contribution >= 0.6 is 0 Å². The summed E-state index contributed by atoms with van der Waals surface area (Å²) in [5.74, 6) is -3.79. The summed E-state index contributed by atoms with van der Waals surface area (Å²) in [5.41, 5.74) is 5.71. The maximum absolute atomic E-state index is 12.2. The smallest absolute Gasteiger partial charge is 0.747 e. The Morgan fingerprint density at radius 1 is 1.34 bits per heavy atom. The second-order valence-electron chi connectivity index (χ2n) is 6.10. The monoisotopic (exact) mass is 432 g/mol. The van der Waals surface area contributed by atoms with Crippen LogP contribution in [0.4, 0.5) is 5.69 Å². The number of anilines is 1. The second-order valence-corrected chi connectivity index (χ2v) is 7.66. The molecular formula is C16H13N2NaO9S. The Morgan fingerprint density at radius 2 is 2.00 bits per heavy atom. The number of nitrogen functional groups attached to an aromatic ring is 1. The van der Waals surface area contributed by atoms with Gasteiger partial charge in [0.1, 0.15) is 21.0 Å². The molecule has 1 aromatic heterocycles. The van der Waals surface area contributed by atoms with Gasteiger partial charge in [-0.1, -0.05) is 0 Å². The van der Waals surface area contributed by atoms with Gasteiger partial charge in [0.15, 0.2) is 0 Å². The minimum atomic E-state index is -5.08. The molecule has 1 aromatic carbocycles. The molecule has 0 radical (unpaired) electrons. The summed E-state index contributed by atoms with van der Waals surface area (Å²) < 4.78 is 38.1. The molecule has 2 N–H and O–H groups in total. The Hall–Kier alpha value is -2.25. The van der Waals surface area contributed by atoms with E-state index >= 15 is 0 Å². The number of carbonyl (C=O) groups excluding carboxylic acids is 3. The predicted molar refractivity (Wildman–Crippen MR) is 91.4 cm³/mol. The summed E-state index contributed by atoms with van der Waals surface area (Å²) in [6.07, 6.45) is -1.57. The van der Waals surface area contributed by atoms with Crippen LogP contribution in [-0.2, 0) is 35.8 Å². The molecule has 1 fully saturated rings. The van der Waals surface area contributed by atoms with Crippen molar-refractivity contribution in [3.05, 3.63) is 39.7 Å². The quantitative estimate of drug-likeness (QED) is 0.167. The van der Waals surface area contributed by atoms with Crippen LogP contribution in [0.2, 0.25) is 0 Å². The van der Waals surface area contributed by atoms with Crippen LogP contribution in [0.15, 0.2) is 27.4 Å². The van der Waals surface area contributed by atoms with Gasteiger partial charge in [-0.15, -0.1) is 5.06 Å². The zero-order valence-corrected chi connectivity index (χ0v) is 18.1. The van der Waals surface area contributed by atoms with Crippen molar-refractivity contribution in [3.63, 3.8) is 0 Å². The summed E-state index contributed by atoms with van der Waals surface area (Å²) in [4.78, 5) is 52.4. The zero-order chi connectivity index (χ0) is 20.8. The van der Waals surface area contributed by atoms with Crippen molar-refractivity contribution in [3.8, 4) is 0 Å². The van der Waals surface area contributed by atoms with E-state index in [2.05, 4.69) is 4.84 Å². The zero-order valence-electron chi connectivity index (χ0n) is 15.3. The Kier molecular flexibility index (Phi) is 6.55. The van der Waals surface area contributed by atoms with E-state index in [1.54, 1.807) is 19.1 Å². The fourth-order valence-corrected chi connectivity index (χ4v) is 3.49. The first-order chi connectivity index (χ1) is 13.0. The molecule has 1 unspecified atom stereocenters. The van der Waals surface area contributed by atoms with Crippen molar-refractivity contribution in [1.82, 2.24) is 5.06 Å². The van der Waals surface area contributed by atoms with Crippen molar-refractivity contribution >= 4 is 44.6 Å². The molecule has 1 saturated heterocycles. The molecule has 0 saturated carbocycles. The normalized spacial score (nSPS) is 16.8. The first-order valence-electron chi connectivity index (χ1n) is 7.83. The molecule has 13 heteroatoms. The summed E-state index contributed by atoms with van der Waals surface area (Å²) >= 11 is 0. The number of nitrogens with two attached hydrogens (primary N) is 1. The molecule has 29 heavy (non-hydrogen) atoms. The number of nitrogens with zero attached hydrogens (tertiary/aromatic N) is 1. The minimum Gasteiger partial charge on any atom is -0.747 e. The summed E-state index contributed by atoms with van der Waals surface area (Å²) in [6, 6.07) is 4.61. The van der Waals surface area contributed by atoms with Crippen LogP contribution in [0.3, 0.4) is 0 Å². The largest absolute Gasteiger partial charge is 1.00 e. The van der Waals surface area contributed by atoms with Crippen LogP contribution in [0.5, 0.6) is 0 Å². The SMILES string of the molecule is Cc1c(CC(=O)ON2C(=O)CC(S(=O)(=O)[O-])C2=O)c(=O)oc2cc(N)ccc12.[Na+]. The van der Waals surface area contributed by atoms with Gasteiger partial charge in [0.2, 0.25) is 0 Å². The summed E-state index contributed by atoms with van der Waals surface area (Å²) in [7, 11) is -5.08. The summed E-state index contributed by atoms with van der Waals surface area (Å²) in [6.45, 7) is 1.56. The second kappa shape index (κ2) is 8.24. The third-order valence-electron chi connectivity index (χ3n) is 4.24. The van der Waals surface area contributed by atoms with E-state index in [0.717, 1.165) is 0 Å². The van der Waals surface area contributed by atoms with Crippen molar-refractivity contribution in [2.45, 2.75) is 25.0 Å². The Balaban J connectivity index is 0.00000300. The number of imide groups is 1. The van der Waals surface area contributed by atoms with E-state index in [9.17, 15) is 32.1 Å². The number of aryl methyl sites for hydroxylation is 1. The molecule has 1 aliphatic heterocycles. The van der Waals surface area contributed by atoms with E-state index in [0.29, 0.717) is 16.6 Å². The van der Waals surface area contributed by atoms with Crippen LogP contribution in [-0.4, -0.2) is 41.1 Å². The van der Waals surface area contributed by atoms with E-state index < -0.39 is 51.6 Å². The topological polar surface area (TPSA) is 177 Å². The van der Waals surface area contributed by atoms with Crippen molar-refractivity contribution in [1.29, 1.82) is 0 Å². The van der Waals surface area contributed by atoms with Crippen LogP contribution in [0, 0.1) is 6.92 Å². The molecular weight excluding hydrogens is 419 g/mol. The van der Waals surface area contributed by atoms with Gasteiger partial charge in [-0.2, -0.15) is 0 Å². The van der Waals surface area contributed by atoms with Crippen LogP contribution in [0.1, 0.15) is 17.5 Å². The first-order valence-corrected chi connectivity index (χ1v) is 9.30. The molecule has 0 aliphatic carbocycles. The molecule has 0 bridgehead atoms. The number of rotatable bonds is 4. The number of hydrogen-bond donors (Lipinski definition) is 1. The number of benzene rings is 1. The van der Waals surface area contributed by atoms with Crippen LogP contribution < -0.4 is 40.9 Å².